The van der Waals surface area contributed by atoms with Crippen LogP contribution in [-0.4, -0.2) is 48.9 Å². The molecule has 1 fully saturated rings. The van der Waals surface area contributed by atoms with Crippen LogP contribution in [0.1, 0.15) is 62.7 Å². The smallest absolute Gasteiger partial charge is 0.255 e. The largest absolute Gasteiger partial charge is 0.366 e. The number of H-pyrrole nitrogens is 1. The van der Waals surface area contributed by atoms with Crippen LogP contribution in [0.15, 0.2) is 66.7 Å². The third kappa shape index (κ3) is 5.30. The monoisotopic (exact) mass is 568 g/mol. The lowest BCUT2D eigenvalue weighted by Crippen LogP contribution is -2.33. The second-order valence-corrected chi connectivity index (χ2v) is 12.9. The van der Waals surface area contributed by atoms with Gasteiger partial charge in [-0.1, -0.05) is 36.4 Å². The fraction of sp³-hybridized carbons (Fsp3) is 0.250. The molecule has 6 rings (SSSR count). The lowest BCUT2D eigenvalue weighted by Gasteiger charge is -2.23. The standard InChI is InChI=1S/C32H32N4O4S/c1-19-24(4-3-5-28(19)35-32(38)23-10-8-21(9-11-23)20-6-7-20)25-12-13-26(31(33)37)30-27(25)18-29(34-30)22-14-16-36(17-15-22)41(2,39)40/h3-5,8-14,18,20,34H,6-7,15-17H2,1-2H3,(H2,33,37)(H,35,38). The number of rotatable bonds is 7. The van der Waals surface area contributed by atoms with E-state index >= 15 is 0 Å². The molecular formula is C32H32N4O4S. The molecular weight excluding hydrogens is 536 g/mol. The fourth-order valence-electron chi connectivity index (χ4n) is 5.61. The van der Waals surface area contributed by atoms with E-state index in [4.69, 9.17) is 5.73 Å². The van der Waals surface area contributed by atoms with E-state index in [2.05, 4.69) is 10.3 Å². The summed E-state index contributed by atoms with van der Waals surface area (Å²) in [5.74, 6) is -0.0752. The topological polar surface area (TPSA) is 125 Å². The van der Waals surface area contributed by atoms with Crippen molar-refractivity contribution in [3.63, 3.8) is 0 Å². The van der Waals surface area contributed by atoms with Crippen LogP contribution in [0.3, 0.4) is 0 Å². The van der Waals surface area contributed by atoms with Gasteiger partial charge in [-0.15, -0.1) is 0 Å². The molecule has 9 heteroatoms. The van der Waals surface area contributed by atoms with Crippen molar-refractivity contribution in [3.05, 3.63) is 94.7 Å². The summed E-state index contributed by atoms with van der Waals surface area (Å²) in [6.45, 7) is 2.65. The Balaban J connectivity index is 1.35. The van der Waals surface area contributed by atoms with Crippen LogP contribution in [0.2, 0.25) is 0 Å². The van der Waals surface area contributed by atoms with Crippen molar-refractivity contribution in [1.82, 2.24) is 9.29 Å². The second-order valence-electron chi connectivity index (χ2n) is 10.9. The van der Waals surface area contributed by atoms with E-state index in [0.29, 0.717) is 47.8 Å². The van der Waals surface area contributed by atoms with Crippen LogP contribution in [-0.2, 0) is 10.0 Å². The number of nitrogens with two attached hydrogens (primary N) is 1. The van der Waals surface area contributed by atoms with E-state index in [9.17, 15) is 18.0 Å². The molecule has 2 amide bonds. The minimum atomic E-state index is -3.27. The Kier molecular flexibility index (Phi) is 6.79. The number of amides is 2. The molecule has 1 aliphatic carbocycles. The van der Waals surface area contributed by atoms with Gasteiger partial charge in [0.1, 0.15) is 0 Å². The van der Waals surface area contributed by atoms with Crippen LogP contribution < -0.4 is 11.1 Å². The first-order chi connectivity index (χ1) is 19.6. The van der Waals surface area contributed by atoms with E-state index in [1.165, 1.54) is 29.0 Å². The summed E-state index contributed by atoms with van der Waals surface area (Å²) in [7, 11) is -3.27. The molecule has 8 nitrogen and oxygen atoms in total. The number of anilines is 1. The number of benzene rings is 3. The van der Waals surface area contributed by atoms with E-state index in [0.717, 1.165) is 33.3 Å². The molecule has 1 saturated carbocycles. The third-order valence-corrected chi connectivity index (χ3v) is 9.41. The molecule has 210 valence electrons. The lowest BCUT2D eigenvalue weighted by molar-refractivity contribution is 0.0998. The van der Waals surface area contributed by atoms with Crippen LogP contribution in [0, 0.1) is 6.92 Å². The van der Waals surface area contributed by atoms with Gasteiger partial charge in [-0.2, -0.15) is 4.31 Å². The van der Waals surface area contributed by atoms with Crippen LogP contribution >= 0.6 is 0 Å². The highest BCUT2D eigenvalue weighted by Gasteiger charge is 2.24. The number of aromatic nitrogens is 1. The summed E-state index contributed by atoms with van der Waals surface area (Å²) in [5, 5.41) is 3.89. The Morgan fingerprint density at radius 2 is 1.78 bits per heavy atom. The van der Waals surface area contributed by atoms with E-state index in [-0.39, 0.29) is 5.91 Å². The van der Waals surface area contributed by atoms with Gasteiger partial charge in [0.25, 0.3) is 11.8 Å². The lowest BCUT2D eigenvalue weighted by atomic mass is 9.94. The summed E-state index contributed by atoms with van der Waals surface area (Å²) < 4.78 is 25.3. The number of nitrogens with zero attached hydrogens (tertiary/aromatic N) is 1. The molecule has 1 aliphatic heterocycles. The zero-order chi connectivity index (χ0) is 28.9. The summed E-state index contributed by atoms with van der Waals surface area (Å²) in [6.07, 6.45) is 6.09. The third-order valence-electron chi connectivity index (χ3n) is 8.14. The predicted molar refractivity (Wildman–Crippen MR) is 162 cm³/mol. The minimum Gasteiger partial charge on any atom is -0.366 e. The molecule has 2 heterocycles. The van der Waals surface area contributed by atoms with Crippen molar-refractivity contribution < 1.29 is 18.0 Å². The van der Waals surface area contributed by atoms with Crippen molar-refractivity contribution >= 4 is 44.0 Å². The molecule has 0 radical (unpaired) electrons. The van der Waals surface area contributed by atoms with Gasteiger partial charge in [0.05, 0.1) is 17.3 Å². The highest BCUT2D eigenvalue weighted by molar-refractivity contribution is 7.88. The molecule has 4 aromatic rings. The molecule has 4 N–H and O–H groups in total. The highest BCUT2D eigenvalue weighted by atomic mass is 32.2. The summed E-state index contributed by atoms with van der Waals surface area (Å²) >= 11 is 0. The number of carbonyl (C=O) groups is 2. The Morgan fingerprint density at radius 1 is 1.02 bits per heavy atom. The van der Waals surface area contributed by atoms with Gasteiger partial charge in [0, 0.05) is 35.4 Å². The number of carbonyl (C=O) groups excluding carboxylic acids is 2. The number of hydrogen-bond donors (Lipinski definition) is 3. The number of hydrogen-bond acceptors (Lipinski definition) is 4. The molecule has 2 aliphatic rings. The predicted octanol–water partition coefficient (Wildman–Crippen LogP) is 5.42. The molecule has 3 aromatic carbocycles. The van der Waals surface area contributed by atoms with Crippen molar-refractivity contribution in [2.45, 2.75) is 32.1 Å². The van der Waals surface area contributed by atoms with Crippen molar-refractivity contribution in [2.75, 3.05) is 24.7 Å². The first-order valence-corrected chi connectivity index (χ1v) is 15.6. The number of fused-ring (bicyclic) bond motifs is 1. The highest BCUT2D eigenvalue weighted by Crippen LogP contribution is 2.40. The molecule has 0 saturated heterocycles. The molecule has 0 unspecified atom stereocenters. The van der Waals surface area contributed by atoms with Crippen molar-refractivity contribution in [1.29, 1.82) is 0 Å². The van der Waals surface area contributed by atoms with E-state index < -0.39 is 15.9 Å². The maximum Gasteiger partial charge on any atom is 0.255 e. The van der Waals surface area contributed by atoms with Gasteiger partial charge in [-0.25, -0.2) is 8.42 Å². The van der Waals surface area contributed by atoms with Crippen LogP contribution in [0.5, 0.6) is 0 Å². The van der Waals surface area contributed by atoms with Gasteiger partial charge < -0.3 is 16.0 Å². The SMILES string of the molecule is Cc1c(NC(=O)c2ccc(C3CC3)cc2)cccc1-c1ccc(C(N)=O)c2[nH]c(C3=CCN(S(C)(=O)=O)CC3)cc12. The first kappa shape index (κ1) is 27.0. The van der Waals surface area contributed by atoms with Gasteiger partial charge in [0.2, 0.25) is 10.0 Å². The average molecular weight is 569 g/mol. The average Bonchev–Trinajstić information content (AvgIpc) is 3.71. The number of primary amides is 1. The molecule has 0 atom stereocenters. The second kappa shape index (κ2) is 10.3. The Labute approximate surface area is 239 Å². The van der Waals surface area contributed by atoms with Gasteiger partial charge >= 0.3 is 0 Å². The minimum absolute atomic E-state index is 0.168. The van der Waals surface area contributed by atoms with Crippen LogP contribution in [0.25, 0.3) is 27.6 Å². The molecule has 41 heavy (non-hydrogen) atoms. The quantitative estimate of drug-likeness (QED) is 0.275. The zero-order valence-corrected chi connectivity index (χ0v) is 23.8. The number of aromatic amines is 1. The fourth-order valence-corrected chi connectivity index (χ4v) is 6.38. The van der Waals surface area contributed by atoms with Crippen LogP contribution in [0.4, 0.5) is 5.69 Å². The zero-order valence-electron chi connectivity index (χ0n) is 23.0. The first-order valence-electron chi connectivity index (χ1n) is 13.7. The van der Waals surface area contributed by atoms with Crippen molar-refractivity contribution in [3.8, 4) is 11.1 Å². The summed E-state index contributed by atoms with van der Waals surface area (Å²) in [5.41, 5.74) is 13.8. The normalized spacial score (nSPS) is 16.0. The summed E-state index contributed by atoms with van der Waals surface area (Å²) in [6, 6.07) is 19.2. The maximum atomic E-state index is 13.1. The maximum absolute atomic E-state index is 13.1. The van der Waals surface area contributed by atoms with E-state index in [1.54, 1.807) is 6.07 Å². The molecule has 0 spiro atoms. The molecule has 0 bridgehead atoms. The Bertz CT molecular complexity index is 1830. The van der Waals surface area contributed by atoms with Gasteiger partial charge in [-0.3, -0.25) is 9.59 Å². The van der Waals surface area contributed by atoms with Gasteiger partial charge in [0.15, 0.2) is 0 Å². The number of sulfonamides is 1. The van der Waals surface area contributed by atoms with Crippen molar-refractivity contribution in [2.24, 2.45) is 5.73 Å². The van der Waals surface area contributed by atoms with Gasteiger partial charge in [-0.05, 0) is 90.3 Å². The Morgan fingerprint density at radius 3 is 2.41 bits per heavy atom. The summed E-state index contributed by atoms with van der Waals surface area (Å²) in [4.78, 5) is 28.8. The number of nitrogens with one attached hydrogen (secondary N) is 2. The Hall–Kier alpha value is -4.21. The molecule has 1 aromatic heterocycles. The van der Waals surface area contributed by atoms with E-state index in [1.807, 2.05) is 67.6 Å².